The molecule has 7 heteroatoms. The van der Waals surface area contributed by atoms with Crippen LogP contribution in [0.3, 0.4) is 0 Å². The molecule has 6 nitrogen and oxygen atoms in total. The van der Waals surface area contributed by atoms with Gasteiger partial charge in [-0.2, -0.15) is 0 Å². The molecule has 0 heterocycles. The third-order valence-corrected chi connectivity index (χ3v) is 3.95. The van der Waals surface area contributed by atoms with Crippen molar-refractivity contribution in [1.82, 2.24) is 10.9 Å². The summed E-state index contributed by atoms with van der Waals surface area (Å²) in [5.74, 6) is 0.0364. The number of methoxy groups -OCH3 is 1. The van der Waals surface area contributed by atoms with Crippen LogP contribution < -0.4 is 20.3 Å². The molecule has 0 aliphatic heterocycles. The molecule has 0 fully saturated rings. The summed E-state index contributed by atoms with van der Waals surface area (Å²) in [4.78, 5) is 24.1. The van der Waals surface area contributed by atoms with Gasteiger partial charge in [0.2, 0.25) is 0 Å². The first-order chi connectivity index (χ1) is 13.9. The maximum Gasteiger partial charge on any atom is 0.269 e. The Balaban J connectivity index is 1.91. The number of benzene rings is 2. The average Bonchev–Trinajstić information content (AvgIpc) is 2.70. The minimum atomic E-state index is -0.553. The Morgan fingerprint density at radius 1 is 1.10 bits per heavy atom. The van der Waals surface area contributed by atoms with E-state index in [1.807, 2.05) is 0 Å². The molecule has 0 spiro atoms. The number of hydrazine groups is 1. The van der Waals surface area contributed by atoms with Gasteiger partial charge in [0.1, 0.15) is 5.82 Å². The van der Waals surface area contributed by atoms with Crippen molar-refractivity contribution in [2.75, 3.05) is 13.7 Å². The van der Waals surface area contributed by atoms with Crippen LogP contribution in [-0.4, -0.2) is 25.5 Å². The first kappa shape index (κ1) is 21.9. The van der Waals surface area contributed by atoms with Crippen molar-refractivity contribution in [1.29, 1.82) is 0 Å². The average molecular weight is 400 g/mol. The molecule has 154 valence electrons. The normalized spacial score (nSPS) is 10.8. The topological polar surface area (TPSA) is 76.7 Å². The third-order valence-electron chi connectivity index (χ3n) is 3.95. The molecule has 0 aliphatic rings. The molecule has 0 aliphatic carbocycles. The summed E-state index contributed by atoms with van der Waals surface area (Å²) in [6.07, 6.45) is 3.54. The van der Waals surface area contributed by atoms with E-state index < -0.39 is 17.6 Å². The van der Waals surface area contributed by atoms with E-state index in [4.69, 9.17) is 9.47 Å². The van der Waals surface area contributed by atoms with Crippen molar-refractivity contribution in [2.45, 2.75) is 20.3 Å². The van der Waals surface area contributed by atoms with Crippen LogP contribution >= 0.6 is 0 Å². The van der Waals surface area contributed by atoms with E-state index in [-0.39, 0.29) is 0 Å². The van der Waals surface area contributed by atoms with Gasteiger partial charge in [0.15, 0.2) is 11.5 Å². The zero-order valence-corrected chi connectivity index (χ0v) is 16.7. The van der Waals surface area contributed by atoms with Gasteiger partial charge in [-0.15, -0.1) is 0 Å². The van der Waals surface area contributed by atoms with Gasteiger partial charge in [-0.3, -0.25) is 20.4 Å². The van der Waals surface area contributed by atoms with Crippen molar-refractivity contribution in [3.63, 3.8) is 0 Å². The fourth-order valence-corrected chi connectivity index (χ4v) is 2.35. The Hall–Kier alpha value is -3.35. The number of nitrogens with one attached hydrogen (secondary N) is 2. The molecule has 0 atom stereocenters. The minimum absolute atomic E-state index is 0.299. The largest absolute Gasteiger partial charge is 0.493 e. The first-order valence-corrected chi connectivity index (χ1v) is 9.24. The van der Waals surface area contributed by atoms with Crippen molar-refractivity contribution in [3.8, 4) is 11.5 Å². The molecular weight excluding hydrogens is 375 g/mol. The van der Waals surface area contributed by atoms with E-state index in [1.54, 1.807) is 18.2 Å². The van der Waals surface area contributed by atoms with Gasteiger partial charge in [0.05, 0.1) is 13.7 Å². The van der Waals surface area contributed by atoms with Gasteiger partial charge < -0.3 is 9.47 Å². The van der Waals surface area contributed by atoms with E-state index in [2.05, 4.69) is 24.7 Å². The highest BCUT2D eigenvalue weighted by Crippen LogP contribution is 2.28. The quantitative estimate of drug-likeness (QED) is 0.523. The second-order valence-corrected chi connectivity index (χ2v) is 6.73. The SMILES string of the molecule is COc1cc(C(=O)NNC(=O)/C=C/c2cccc(F)c2)ccc1OCCC(C)C. The molecule has 2 N–H and O–H groups in total. The number of hydrogen-bond donors (Lipinski definition) is 2. The number of hydrogen-bond acceptors (Lipinski definition) is 4. The van der Waals surface area contributed by atoms with Gasteiger partial charge in [-0.05, 0) is 54.3 Å². The lowest BCUT2D eigenvalue weighted by molar-refractivity contribution is -0.117. The molecule has 0 unspecified atom stereocenters. The fourth-order valence-electron chi connectivity index (χ4n) is 2.35. The molecule has 0 saturated heterocycles. The number of carbonyl (C=O) groups excluding carboxylic acids is 2. The summed E-state index contributed by atoms with van der Waals surface area (Å²) in [7, 11) is 1.49. The number of ether oxygens (including phenoxy) is 2. The van der Waals surface area contributed by atoms with Crippen LogP contribution in [0.2, 0.25) is 0 Å². The standard InChI is InChI=1S/C22H25FN2O4/c1-15(2)11-12-29-19-9-8-17(14-20(19)28-3)22(27)25-24-21(26)10-7-16-5-4-6-18(23)13-16/h4-10,13-15H,11-12H2,1-3H3,(H,24,26)(H,25,27)/b10-7+. The van der Waals surface area contributed by atoms with Crippen molar-refractivity contribution in [2.24, 2.45) is 5.92 Å². The summed E-state index contributed by atoms with van der Waals surface area (Å²) < 4.78 is 24.1. The molecule has 0 aromatic heterocycles. The summed E-state index contributed by atoms with van der Waals surface area (Å²) in [5.41, 5.74) is 5.42. The number of rotatable bonds is 8. The highest BCUT2D eigenvalue weighted by atomic mass is 19.1. The van der Waals surface area contributed by atoms with Crippen molar-refractivity contribution in [3.05, 3.63) is 65.5 Å². The fraction of sp³-hybridized carbons (Fsp3) is 0.273. The summed E-state index contributed by atoms with van der Waals surface area (Å²) >= 11 is 0. The predicted molar refractivity (Wildman–Crippen MR) is 109 cm³/mol. The Bertz CT molecular complexity index is 881. The molecule has 0 radical (unpaired) electrons. The number of amides is 2. The van der Waals surface area contributed by atoms with Crippen LogP contribution in [0.15, 0.2) is 48.5 Å². The van der Waals surface area contributed by atoms with E-state index in [0.29, 0.717) is 35.2 Å². The molecule has 0 saturated carbocycles. The van der Waals surface area contributed by atoms with Gasteiger partial charge in [0, 0.05) is 11.6 Å². The zero-order valence-electron chi connectivity index (χ0n) is 16.7. The Morgan fingerprint density at radius 3 is 2.59 bits per heavy atom. The van der Waals surface area contributed by atoms with Crippen LogP contribution in [0.1, 0.15) is 36.2 Å². The molecule has 2 aromatic carbocycles. The molecular formula is C22H25FN2O4. The molecule has 0 bridgehead atoms. The Morgan fingerprint density at radius 2 is 1.90 bits per heavy atom. The maximum absolute atomic E-state index is 13.1. The van der Waals surface area contributed by atoms with Gasteiger partial charge in [-0.1, -0.05) is 26.0 Å². The Labute approximate surface area is 169 Å². The monoisotopic (exact) mass is 400 g/mol. The summed E-state index contributed by atoms with van der Waals surface area (Å²) in [6.45, 7) is 4.76. The third kappa shape index (κ3) is 7.29. The molecule has 2 aromatic rings. The van der Waals surface area contributed by atoms with Crippen LogP contribution in [0, 0.1) is 11.7 Å². The lowest BCUT2D eigenvalue weighted by Crippen LogP contribution is -2.40. The van der Waals surface area contributed by atoms with E-state index in [9.17, 15) is 14.0 Å². The van der Waals surface area contributed by atoms with E-state index in [0.717, 1.165) is 6.42 Å². The van der Waals surface area contributed by atoms with Crippen LogP contribution in [0.25, 0.3) is 6.08 Å². The maximum atomic E-state index is 13.1. The second kappa shape index (κ2) is 10.8. The number of carbonyl (C=O) groups is 2. The van der Waals surface area contributed by atoms with E-state index in [1.165, 1.54) is 43.5 Å². The number of halogens is 1. The van der Waals surface area contributed by atoms with Crippen LogP contribution in [0.4, 0.5) is 4.39 Å². The highest BCUT2D eigenvalue weighted by Gasteiger charge is 2.12. The summed E-state index contributed by atoms with van der Waals surface area (Å²) in [6, 6.07) is 10.6. The molecule has 2 rings (SSSR count). The lowest BCUT2D eigenvalue weighted by atomic mass is 10.1. The van der Waals surface area contributed by atoms with Crippen LogP contribution in [0.5, 0.6) is 11.5 Å². The molecule has 2 amide bonds. The first-order valence-electron chi connectivity index (χ1n) is 9.24. The van der Waals surface area contributed by atoms with Gasteiger partial charge in [-0.25, -0.2) is 4.39 Å². The predicted octanol–water partition coefficient (Wildman–Crippen LogP) is 3.73. The van der Waals surface area contributed by atoms with Crippen molar-refractivity contribution >= 4 is 17.9 Å². The molecule has 29 heavy (non-hydrogen) atoms. The second-order valence-electron chi connectivity index (χ2n) is 6.73. The summed E-state index contributed by atoms with van der Waals surface area (Å²) in [5, 5.41) is 0. The van der Waals surface area contributed by atoms with Gasteiger partial charge in [0.25, 0.3) is 11.8 Å². The highest BCUT2D eigenvalue weighted by molar-refractivity contribution is 5.98. The smallest absolute Gasteiger partial charge is 0.269 e. The minimum Gasteiger partial charge on any atom is -0.493 e. The van der Waals surface area contributed by atoms with Gasteiger partial charge >= 0.3 is 0 Å². The van der Waals surface area contributed by atoms with Crippen molar-refractivity contribution < 1.29 is 23.5 Å². The zero-order chi connectivity index (χ0) is 21.2. The van der Waals surface area contributed by atoms with Crippen LogP contribution in [-0.2, 0) is 4.79 Å². The lowest BCUT2D eigenvalue weighted by Gasteiger charge is -2.13. The Kier molecular flexibility index (Phi) is 8.21. The van der Waals surface area contributed by atoms with E-state index >= 15 is 0 Å².